The summed E-state index contributed by atoms with van der Waals surface area (Å²) in [6.07, 6.45) is 4.53. The summed E-state index contributed by atoms with van der Waals surface area (Å²) < 4.78 is 26.4. The number of amides is 1. The van der Waals surface area contributed by atoms with E-state index in [1.165, 1.54) is 4.90 Å². The Morgan fingerprint density at radius 2 is 1.68 bits per heavy atom. The number of hydrogen-bond acceptors (Lipinski definition) is 4. The zero-order valence-electron chi connectivity index (χ0n) is 14.3. The summed E-state index contributed by atoms with van der Waals surface area (Å²) in [5, 5.41) is 0. The van der Waals surface area contributed by atoms with Gasteiger partial charge in [-0.2, -0.15) is 0 Å². The Morgan fingerprint density at radius 1 is 1.04 bits per heavy atom. The van der Waals surface area contributed by atoms with E-state index in [2.05, 4.69) is 9.71 Å². The van der Waals surface area contributed by atoms with Crippen LogP contribution in [-0.4, -0.2) is 50.1 Å². The number of nitrogens with zero attached hydrogens (tertiary/aromatic N) is 2. The molecule has 2 aromatic rings. The third-order valence-corrected chi connectivity index (χ3v) is 5.18. The van der Waals surface area contributed by atoms with E-state index in [0.717, 1.165) is 11.1 Å². The summed E-state index contributed by atoms with van der Waals surface area (Å²) in [4.78, 5) is 17.5. The molecule has 0 spiro atoms. The molecule has 25 heavy (non-hydrogen) atoms. The van der Waals surface area contributed by atoms with Gasteiger partial charge in [-0.1, -0.05) is 30.3 Å². The highest BCUT2D eigenvalue weighted by molar-refractivity contribution is 7.89. The second-order valence-electron chi connectivity index (χ2n) is 5.80. The zero-order chi connectivity index (χ0) is 18.1. The largest absolute Gasteiger partial charge is 0.344 e. The van der Waals surface area contributed by atoms with Crippen molar-refractivity contribution in [2.24, 2.45) is 0 Å². The number of aryl methyl sites for hydroxylation is 1. The molecule has 7 heteroatoms. The summed E-state index contributed by atoms with van der Waals surface area (Å²) in [6, 6.07) is 13.2. The van der Waals surface area contributed by atoms with Crippen LogP contribution in [0.5, 0.6) is 0 Å². The molecule has 1 amide bonds. The molecular formula is C18H23N3O3S. The van der Waals surface area contributed by atoms with Gasteiger partial charge in [0, 0.05) is 26.0 Å². The fourth-order valence-electron chi connectivity index (χ4n) is 2.25. The van der Waals surface area contributed by atoms with Crippen LogP contribution >= 0.6 is 0 Å². The first-order valence-electron chi connectivity index (χ1n) is 8.10. The molecule has 0 bridgehead atoms. The van der Waals surface area contributed by atoms with E-state index in [1.807, 2.05) is 42.5 Å². The van der Waals surface area contributed by atoms with E-state index in [0.29, 0.717) is 19.4 Å². The molecule has 134 valence electrons. The van der Waals surface area contributed by atoms with Crippen molar-refractivity contribution >= 4 is 15.9 Å². The van der Waals surface area contributed by atoms with Gasteiger partial charge in [0.25, 0.3) is 0 Å². The number of aromatic nitrogens is 1. The van der Waals surface area contributed by atoms with Gasteiger partial charge in [0.2, 0.25) is 15.9 Å². The maximum Gasteiger partial charge on any atom is 0.237 e. The average Bonchev–Trinajstić information content (AvgIpc) is 2.64. The third kappa shape index (κ3) is 7.03. The third-order valence-electron chi connectivity index (χ3n) is 3.86. The molecule has 0 aliphatic carbocycles. The molecular weight excluding hydrogens is 338 g/mol. The summed E-state index contributed by atoms with van der Waals surface area (Å²) in [5.41, 5.74) is 2.03. The van der Waals surface area contributed by atoms with Gasteiger partial charge in [0.1, 0.15) is 0 Å². The van der Waals surface area contributed by atoms with Gasteiger partial charge < -0.3 is 4.90 Å². The first-order valence-corrected chi connectivity index (χ1v) is 9.75. The topological polar surface area (TPSA) is 79.4 Å². The molecule has 1 heterocycles. The van der Waals surface area contributed by atoms with E-state index < -0.39 is 10.0 Å². The fraction of sp³-hybridized carbons (Fsp3) is 0.333. The Kier molecular flexibility index (Phi) is 7.09. The van der Waals surface area contributed by atoms with Crippen LogP contribution in [0.15, 0.2) is 54.9 Å². The quantitative estimate of drug-likeness (QED) is 0.729. The predicted molar refractivity (Wildman–Crippen MR) is 97.5 cm³/mol. The zero-order valence-corrected chi connectivity index (χ0v) is 15.1. The highest BCUT2D eigenvalue weighted by Gasteiger charge is 2.15. The average molecular weight is 361 g/mol. The van der Waals surface area contributed by atoms with Crippen LogP contribution in [0.25, 0.3) is 0 Å². The Hall–Kier alpha value is -2.25. The number of hydrogen-bond donors (Lipinski definition) is 1. The van der Waals surface area contributed by atoms with Crippen molar-refractivity contribution in [1.29, 1.82) is 0 Å². The predicted octanol–water partition coefficient (Wildman–Crippen LogP) is 1.24. The molecule has 6 nitrogen and oxygen atoms in total. The molecule has 0 fully saturated rings. The van der Waals surface area contributed by atoms with Crippen molar-refractivity contribution in [2.45, 2.75) is 12.8 Å². The van der Waals surface area contributed by atoms with Crippen LogP contribution in [0.2, 0.25) is 0 Å². The lowest BCUT2D eigenvalue weighted by molar-refractivity contribution is -0.128. The molecule has 0 unspecified atom stereocenters. The minimum atomic E-state index is -3.48. The smallest absolute Gasteiger partial charge is 0.237 e. The van der Waals surface area contributed by atoms with Crippen LogP contribution in [-0.2, 0) is 27.7 Å². The second kappa shape index (κ2) is 9.29. The molecule has 0 aliphatic rings. The number of pyridine rings is 1. The van der Waals surface area contributed by atoms with Gasteiger partial charge in [-0.05, 0) is 36.1 Å². The molecule has 1 aromatic heterocycles. The molecule has 2 rings (SSSR count). The van der Waals surface area contributed by atoms with Gasteiger partial charge in [0.05, 0.1) is 12.3 Å². The number of carbonyl (C=O) groups is 1. The lowest BCUT2D eigenvalue weighted by Gasteiger charge is -2.17. The lowest BCUT2D eigenvalue weighted by atomic mass is 10.2. The van der Waals surface area contributed by atoms with E-state index >= 15 is 0 Å². The summed E-state index contributed by atoms with van der Waals surface area (Å²) in [5.74, 6) is -0.289. The van der Waals surface area contributed by atoms with Crippen molar-refractivity contribution in [1.82, 2.24) is 14.6 Å². The van der Waals surface area contributed by atoms with Crippen LogP contribution in [0.3, 0.4) is 0 Å². The second-order valence-corrected chi connectivity index (χ2v) is 7.72. The number of rotatable bonds is 9. The van der Waals surface area contributed by atoms with Gasteiger partial charge in [-0.15, -0.1) is 0 Å². The van der Waals surface area contributed by atoms with Gasteiger partial charge >= 0.3 is 0 Å². The Balaban J connectivity index is 1.73. The van der Waals surface area contributed by atoms with E-state index in [-0.39, 0.29) is 18.2 Å². The number of carbonyl (C=O) groups excluding carboxylic acids is 1. The summed E-state index contributed by atoms with van der Waals surface area (Å²) in [6.45, 7) is 0.304. The molecule has 1 aromatic carbocycles. The highest BCUT2D eigenvalue weighted by Crippen LogP contribution is 2.02. The van der Waals surface area contributed by atoms with Crippen LogP contribution < -0.4 is 4.72 Å². The number of benzene rings is 1. The fourth-order valence-corrected chi connectivity index (χ4v) is 3.24. The Morgan fingerprint density at radius 3 is 2.36 bits per heavy atom. The van der Waals surface area contributed by atoms with Crippen LogP contribution in [0.1, 0.15) is 11.1 Å². The number of nitrogens with one attached hydrogen (secondary N) is 1. The van der Waals surface area contributed by atoms with Crippen LogP contribution in [0, 0.1) is 0 Å². The Bertz CT molecular complexity index is 765. The molecule has 1 N–H and O–H groups in total. The van der Waals surface area contributed by atoms with Crippen molar-refractivity contribution in [3.63, 3.8) is 0 Å². The molecule has 0 saturated carbocycles. The standard InChI is InChI=1S/C18H23N3O3S/c1-21(13-9-17-7-11-19-12-8-17)18(22)15-20-25(23,24)14-10-16-5-3-2-4-6-16/h2-8,11-12,20H,9-10,13-15H2,1H3. The monoisotopic (exact) mass is 361 g/mol. The van der Waals surface area contributed by atoms with Gasteiger partial charge in [-0.3, -0.25) is 9.78 Å². The Labute approximate surface area is 148 Å². The minimum absolute atomic E-state index is 0.0367. The molecule has 0 aliphatic heterocycles. The van der Waals surface area contributed by atoms with Crippen molar-refractivity contribution < 1.29 is 13.2 Å². The minimum Gasteiger partial charge on any atom is -0.344 e. The molecule has 0 atom stereocenters. The van der Waals surface area contributed by atoms with Gasteiger partial charge in [-0.25, -0.2) is 13.1 Å². The van der Waals surface area contributed by atoms with Crippen molar-refractivity contribution in [3.8, 4) is 0 Å². The van der Waals surface area contributed by atoms with Crippen molar-refractivity contribution in [2.75, 3.05) is 25.9 Å². The summed E-state index contributed by atoms with van der Waals surface area (Å²) in [7, 11) is -1.81. The first kappa shape index (κ1) is 19.1. The first-order chi connectivity index (χ1) is 12.0. The van der Waals surface area contributed by atoms with Gasteiger partial charge in [0.15, 0.2) is 0 Å². The van der Waals surface area contributed by atoms with E-state index in [1.54, 1.807) is 19.4 Å². The van der Waals surface area contributed by atoms with E-state index in [9.17, 15) is 13.2 Å². The molecule has 0 radical (unpaired) electrons. The highest BCUT2D eigenvalue weighted by atomic mass is 32.2. The maximum absolute atomic E-state index is 12.1. The van der Waals surface area contributed by atoms with Crippen LogP contribution in [0.4, 0.5) is 0 Å². The number of sulfonamides is 1. The van der Waals surface area contributed by atoms with E-state index in [4.69, 9.17) is 0 Å². The molecule has 0 saturated heterocycles. The number of likely N-dealkylation sites (N-methyl/N-ethyl adjacent to an activating group) is 1. The maximum atomic E-state index is 12.1. The lowest BCUT2D eigenvalue weighted by Crippen LogP contribution is -2.39. The SMILES string of the molecule is CN(CCc1ccncc1)C(=O)CNS(=O)(=O)CCc1ccccc1. The normalized spacial score (nSPS) is 11.2. The summed E-state index contributed by atoms with van der Waals surface area (Å²) >= 11 is 0. The van der Waals surface area contributed by atoms with Crippen molar-refractivity contribution in [3.05, 3.63) is 66.0 Å².